The minimum atomic E-state index is -0.217. The fraction of sp³-hybridized carbons (Fsp3) is 0.588. The Kier molecular flexibility index (Phi) is 5.14. The summed E-state index contributed by atoms with van der Waals surface area (Å²) in [5, 5.41) is 0. The van der Waals surface area contributed by atoms with E-state index in [4.69, 9.17) is 4.74 Å². The number of carbonyl (C=O) groups excluding carboxylic acids is 1. The molecule has 2 rings (SSSR count). The molecule has 3 atom stereocenters. The van der Waals surface area contributed by atoms with Gasteiger partial charge in [-0.3, -0.25) is 0 Å². The van der Waals surface area contributed by atoms with E-state index in [-0.39, 0.29) is 12.1 Å². The smallest absolute Gasteiger partial charge is 0.338 e. The zero-order valence-electron chi connectivity index (χ0n) is 12.5. The van der Waals surface area contributed by atoms with Gasteiger partial charge in [-0.05, 0) is 48.8 Å². The summed E-state index contributed by atoms with van der Waals surface area (Å²) < 4.78 is 5.80. The molecule has 0 radical (unpaired) electrons. The second-order valence-corrected chi connectivity index (χ2v) is 6.84. The van der Waals surface area contributed by atoms with Crippen LogP contribution < -0.4 is 0 Å². The van der Waals surface area contributed by atoms with Crippen molar-refractivity contribution in [3.8, 4) is 0 Å². The van der Waals surface area contributed by atoms with Crippen LogP contribution in [0.3, 0.4) is 0 Å². The van der Waals surface area contributed by atoms with Crippen LogP contribution >= 0.6 is 12.6 Å². The maximum absolute atomic E-state index is 12.3. The monoisotopic (exact) mass is 292 g/mol. The van der Waals surface area contributed by atoms with Crippen LogP contribution in [0.1, 0.15) is 50.4 Å². The lowest BCUT2D eigenvalue weighted by Gasteiger charge is -2.36. The zero-order chi connectivity index (χ0) is 14.7. The lowest BCUT2D eigenvalue weighted by atomic mass is 9.75. The first kappa shape index (κ1) is 15.4. The molecule has 3 heteroatoms. The molecule has 0 saturated heterocycles. The van der Waals surface area contributed by atoms with Gasteiger partial charge in [0.05, 0.1) is 5.56 Å². The van der Waals surface area contributed by atoms with Gasteiger partial charge in [0.25, 0.3) is 0 Å². The lowest BCUT2D eigenvalue weighted by Crippen LogP contribution is -2.35. The number of hydrogen-bond acceptors (Lipinski definition) is 3. The van der Waals surface area contributed by atoms with E-state index in [0.717, 1.165) is 17.7 Å². The van der Waals surface area contributed by atoms with Crippen molar-refractivity contribution in [2.75, 3.05) is 0 Å². The molecule has 3 unspecified atom stereocenters. The Morgan fingerprint density at radius 3 is 2.75 bits per heavy atom. The van der Waals surface area contributed by atoms with E-state index in [1.807, 2.05) is 12.1 Å². The van der Waals surface area contributed by atoms with Crippen LogP contribution in [0.25, 0.3) is 0 Å². The van der Waals surface area contributed by atoms with Gasteiger partial charge in [0, 0.05) is 4.90 Å². The Morgan fingerprint density at radius 2 is 2.10 bits per heavy atom. The van der Waals surface area contributed by atoms with Crippen LogP contribution in [-0.4, -0.2) is 12.1 Å². The van der Waals surface area contributed by atoms with Crippen molar-refractivity contribution in [3.63, 3.8) is 0 Å². The molecule has 1 fully saturated rings. The summed E-state index contributed by atoms with van der Waals surface area (Å²) in [7, 11) is 0. The Balaban J connectivity index is 2.08. The maximum Gasteiger partial charge on any atom is 0.338 e. The van der Waals surface area contributed by atoms with Crippen molar-refractivity contribution in [1.82, 2.24) is 0 Å². The number of thiol groups is 1. The van der Waals surface area contributed by atoms with Crippen LogP contribution in [0.4, 0.5) is 0 Å². The number of benzene rings is 1. The third-order valence-electron chi connectivity index (χ3n) is 4.30. The molecule has 20 heavy (non-hydrogen) atoms. The first-order valence-corrected chi connectivity index (χ1v) is 7.92. The van der Waals surface area contributed by atoms with Crippen LogP contribution in [0.5, 0.6) is 0 Å². The molecule has 2 nitrogen and oxygen atoms in total. The number of ether oxygens (including phenoxy) is 1. The van der Waals surface area contributed by atoms with E-state index in [2.05, 4.69) is 33.4 Å². The van der Waals surface area contributed by atoms with E-state index in [1.165, 1.54) is 6.42 Å². The van der Waals surface area contributed by atoms with Gasteiger partial charge in [0.2, 0.25) is 0 Å². The van der Waals surface area contributed by atoms with Crippen LogP contribution in [-0.2, 0) is 4.74 Å². The SMILES string of the molecule is CC1CCC(C(C)C)C(OC(=O)c2cccc(S)c2)C1. The Morgan fingerprint density at radius 1 is 1.35 bits per heavy atom. The minimum Gasteiger partial charge on any atom is -0.458 e. The van der Waals surface area contributed by atoms with Crippen molar-refractivity contribution in [2.45, 2.75) is 51.0 Å². The van der Waals surface area contributed by atoms with Gasteiger partial charge in [-0.2, -0.15) is 0 Å². The summed E-state index contributed by atoms with van der Waals surface area (Å²) in [4.78, 5) is 13.1. The van der Waals surface area contributed by atoms with Crippen molar-refractivity contribution < 1.29 is 9.53 Å². The summed E-state index contributed by atoms with van der Waals surface area (Å²) in [5.41, 5.74) is 0.596. The Labute approximate surface area is 127 Å². The molecule has 1 saturated carbocycles. The van der Waals surface area contributed by atoms with Gasteiger partial charge in [0.1, 0.15) is 6.10 Å². The van der Waals surface area contributed by atoms with Crippen molar-refractivity contribution >= 4 is 18.6 Å². The first-order valence-electron chi connectivity index (χ1n) is 7.47. The van der Waals surface area contributed by atoms with Crippen LogP contribution in [0, 0.1) is 17.8 Å². The van der Waals surface area contributed by atoms with Gasteiger partial charge in [-0.15, -0.1) is 12.6 Å². The van der Waals surface area contributed by atoms with Crippen LogP contribution in [0.15, 0.2) is 29.2 Å². The topological polar surface area (TPSA) is 26.3 Å². The molecule has 0 heterocycles. The molecule has 0 bridgehead atoms. The van der Waals surface area contributed by atoms with Gasteiger partial charge in [0.15, 0.2) is 0 Å². The predicted octanol–water partition coefficient (Wildman–Crippen LogP) is 4.59. The average Bonchev–Trinajstić information content (AvgIpc) is 2.38. The van der Waals surface area contributed by atoms with Gasteiger partial charge in [-0.1, -0.05) is 33.3 Å². The first-order chi connectivity index (χ1) is 9.47. The Hall–Kier alpha value is -0.960. The third-order valence-corrected chi connectivity index (χ3v) is 4.58. The van der Waals surface area contributed by atoms with E-state index < -0.39 is 0 Å². The van der Waals surface area contributed by atoms with Crippen molar-refractivity contribution in [3.05, 3.63) is 29.8 Å². The number of esters is 1. The molecule has 110 valence electrons. The average molecular weight is 292 g/mol. The lowest BCUT2D eigenvalue weighted by molar-refractivity contribution is -0.0174. The fourth-order valence-corrected chi connectivity index (χ4v) is 3.31. The molecule has 0 aliphatic heterocycles. The third kappa shape index (κ3) is 3.78. The molecule has 1 aliphatic carbocycles. The summed E-state index contributed by atoms with van der Waals surface area (Å²) >= 11 is 4.27. The van der Waals surface area contributed by atoms with Crippen molar-refractivity contribution in [1.29, 1.82) is 0 Å². The number of rotatable bonds is 3. The number of carbonyl (C=O) groups is 1. The van der Waals surface area contributed by atoms with Gasteiger partial charge < -0.3 is 4.74 Å². The fourth-order valence-electron chi connectivity index (χ4n) is 3.09. The van der Waals surface area contributed by atoms with Gasteiger partial charge in [-0.25, -0.2) is 4.79 Å². The largest absolute Gasteiger partial charge is 0.458 e. The highest BCUT2D eigenvalue weighted by atomic mass is 32.1. The molecule has 0 N–H and O–H groups in total. The van der Waals surface area contributed by atoms with E-state index in [0.29, 0.717) is 23.3 Å². The summed E-state index contributed by atoms with van der Waals surface area (Å²) in [6.45, 7) is 6.68. The minimum absolute atomic E-state index is 0.0508. The normalized spacial score (nSPS) is 26.6. The maximum atomic E-state index is 12.3. The van der Waals surface area contributed by atoms with E-state index >= 15 is 0 Å². The summed E-state index contributed by atoms with van der Waals surface area (Å²) in [5.74, 6) is 1.45. The molecule has 1 aromatic carbocycles. The highest BCUT2D eigenvalue weighted by molar-refractivity contribution is 7.80. The Bertz CT molecular complexity index is 470. The molecular weight excluding hydrogens is 268 g/mol. The summed E-state index contributed by atoms with van der Waals surface area (Å²) in [6, 6.07) is 7.25. The van der Waals surface area contributed by atoms with Crippen LogP contribution in [0.2, 0.25) is 0 Å². The predicted molar refractivity (Wildman–Crippen MR) is 84.2 cm³/mol. The molecule has 1 aliphatic rings. The summed E-state index contributed by atoms with van der Waals surface area (Å²) in [6.07, 6.45) is 3.43. The standard InChI is InChI=1S/C17H24O2S/c1-11(2)15-8-7-12(3)9-16(15)19-17(18)13-5-4-6-14(20)10-13/h4-6,10-12,15-16,20H,7-9H2,1-3H3. The van der Waals surface area contributed by atoms with Gasteiger partial charge >= 0.3 is 5.97 Å². The molecular formula is C17H24O2S. The second kappa shape index (κ2) is 6.66. The van der Waals surface area contributed by atoms with E-state index in [9.17, 15) is 4.79 Å². The highest BCUT2D eigenvalue weighted by Gasteiger charge is 2.33. The molecule has 1 aromatic rings. The molecule has 0 amide bonds. The highest BCUT2D eigenvalue weighted by Crippen LogP contribution is 2.35. The quantitative estimate of drug-likeness (QED) is 0.651. The number of hydrogen-bond donors (Lipinski definition) is 1. The molecule has 0 spiro atoms. The molecule has 0 aromatic heterocycles. The van der Waals surface area contributed by atoms with E-state index in [1.54, 1.807) is 12.1 Å². The van der Waals surface area contributed by atoms with Crippen molar-refractivity contribution in [2.24, 2.45) is 17.8 Å². The second-order valence-electron chi connectivity index (χ2n) is 6.32. The zero-order valence-corrected chi connectivity index (χ0v) is 13.4.